The summed E-state index contributed by atoms with van der Waals surface area (Å²) in [5.41, 5.74) is -0.872. The molecule has 0 aromatic carbocycles. The average Bonchev–Trinajstić information content (AvgIpc) is 3.06. The minimum atomic E-state index is -4.68. The lowest BCUT2D eigenvalue weighted by molar-refractivity contribution is -0.261. The van der Waals surface area contributed by atoms with Gasteiger partial charge in [-0.15, -0.1) is 0 Å². The van der Waals surface area contributed by atoms with Crippen molar-refractivity contribution in [3.05, 3.63) is 35.5 Å². The summed E-state index contributed by atoms with van der Waals surface area (Å²) in [6.45, 7) is 11.3. The van der Waals surface area contributed by atoms with Gasteiger partial charge in [-0.3, -0.25) is 0 Å². The number of fused-ring (bicyclic) bond motifs is 1. The van der Waals surface area contributed by atoms with Gasteiger partial charge in [0.1, 0.15) is 6.17 Å². The Morgan fingerprint density at radius 3 is 2.45 bits per heavy atom. The van der Waals surface area contributed by atoms with Gasteiger partial charge in [-0.1, -0.05) is 63.1 Å². The fraction of sp³-hybridized carbons (Fsp3) is 0.778. The summed E-state index contributed by atoms with van der Waals surface area (Å²) >= 11 is 0. The lowest BCUT2D eigenvalue weighted by Crippen LogP contribution is -2.46. The standard InChI is InChI=1S/C27H40F4O2/c1-6-26(33,27(29,30)31)16-17(2)21-11-12-22-18(8-7-13-25(21,22)5)9-10-19-14-20(32)15-23(28)24(19,3)4/h9-10,20-23,32-33H,2,6-8,11-16H2,1,3-5H3/b18-9+,19-10-/t20-,21-,22+,23+,25-,26?/m1/s1. The van der Waals surface area contributed by atoms with Crippen molar-refractivity contribution >= 4 is 0 Å². The molecule has 0 aromatic rings. The number of hydrogen-bond donors (Lipinski definition) is 2. The van der Waals surface area contributed by atoms with Crippen LogP contribution in [0.5, 0.6) is 0 Å². The molecule has 0 saturated heterocycles. The third kappa shape index (κ3) is 4.84. The van der Waals surface area contributed by atoms with Gasteiger partial charge in [0.2, 0.25) is 0 Å². The Morgan fingerprint density at radius 1 is 1.18 bits per heavy atom. The van der Waals surface area contributed by atoms with E-state index in [1.807, 2.05) is 19.9 Å². The van der Waals surface area contributed by atoms with Crippen molar-refractivity contribution in [3.8, 4) is 0 Å². The van der Waals surface area contributed by atoms with E-state index >= 15 is 0 Å². The quantitative estimate of drug-likeness (QED) is 0.327. The first kappa shape index (κ1) is 26.5. The zero-order chi connectivity index (χ0) is 24.8. The number of allylic oxidation sites excluding steroid dienone is 3. The predicted molar refractivity (Wildman–Crippen MR) is 123 cm³/mol. The van der Waals surface area contributed by atoms with Crippen LogP contribution in [0.2, 0.25) is 0 Å². The molecule has 3 aliphatic carbocycles. The maximum Gasteiger partial charge on any atom is 0.417 e. The molecule has 0 amide bonds. The van der Waals surface area contributed by atoms with Crippen molar-refractivity contribution in [1.82, 2.24) is 0 Å². The zero-order valence-electron chi connectivity index (χ0n) is 20.4. The highest BCUT2D eigenvalue weighted by Gasteiger charge is 2.55. The van der Waals surface area contributed by atoms with E-state index in [1.165, 1.54) is 12.5 Å². The first-order valence-electron chi connectivity index (χ1n) is 12.3. The van der Waals surface area contributed by atoms with E-state index in [2.05, 4.69) is 19.6 Å². The van der Waals surface area contributed by atoms with Crippen molar-refractivity contribution in [3.63, 3.8) is 0 Å². The summed E-state index contributed by atoms with van der Waals surface area (Å²) in [4.78, 5) is 0. The fourth-order valence-electron chi connectivity index (χ4n) is 6.66. The molecule has 0 aliphatic heterocycles. The molecule has 0 aromatic heterocycles. The molecule has 2 N–H and O–H groups in total. The van der Waals surface area contributed by atoms with E-state index in [0.29, 0.717) is 12.0 Å². The van der Waals surface area contributed by atoms with Crippen LogP contribution >= 0.6 is 0 Å². The Kier molecular flexibility index (Phi) is 7.33. The molecule has 3 fully saturated rings. The van der Waals surface area contributed by atoms with Crippen LogP contribution in [-0.2, 0) is 0 Å². The summed E-state index contributed by atoms with van der Waals surface area (Å²) in [6, 6.07) is 0. The van der Waals surface area contributed by atoms with Gasteiger partial charge in [0.05, 0.1) is 6.10 Å². The van der Waals surface area contributed by atoms with Crippen LogP contribution in [0.1, 0.15) is 85.5 Å². The summed E-state index contributed by atoms with van der Waals surface area (Å²) in [6.07, 6.45) is 1.85. The summed E-state index contributed by atoms with van der Waals surface area (Å²) in [5, 5.41) is 20.3. The summed E-state index contributed by atoms with van der Waals surface area (Å²) in [5.74, 6) is 0.172. The number of aliphatic hydroxyl groups is 2. The van der Waals surface area contributed by atoms with Gasteiger partial charge in [-0.05, 0) is 62.2 Å². The van der Waals surface area contributed by atoms with Crippen LogP contribution in [0.15, 0.2) is 35.5 Å². The highest BCUT2D eigenvalue weighted by atomic mass is 19.4. The molecule has 2 nitrogen and oxygen atoms in total. The van der Waals surface area contributed by atoms with Gasteiger partial charge in [0, 0.05) is 18.3 Å². The Hall–Kier alpha value is -1.14. The summed E-state index contributed by atoms with van der Waals surface area (Å²) in [7, 11) is 0. The molecular formula is C27H40F4O2. The van der Waals surface area contributed by atoms with Crippen LogP contribution in [0.25, 0.3) is 0 Å². The maximum absolute atomic E-state index is 14.6. The van der Waals surface area contributed by atoms with E-state index in [4.69, 9.17) is 0 Å². The normalized spacial score (nSPS) is 38.8. The second kappa shape index (κ2) is 9.14. The van der Waals surface area contributed by atoms with Crippen molar-refractivity contribution in [2.75, 3.05) is 0 Å². The second-order valence-corrected chi connectivity index (χ2v) is 11.5. The molecule has 6 heteroatoms. The predicted octanol–water partition coefficient (Wildman–Crippen LogP) is 7.22. The Morgan fingerprint density at radius 2 is 1.85 bits per heavy atom. The molecule has 3 rings (SSSR count). The lowest BCUT2D eigenvalue weighted by Gasteiger charge is -2.44. The van der Waals surface area contributed by atoms with Gasteiger partial charge in [0.25, 0.3) is 0 Å². The van der Waals surface area contributed by atoms with Crippen molar-refractivity contribution in [1.29, 1.82) is 0 Å². The molecule has 188 valence electrons. The van der Waals surface area contributed by atoms with Gasteiger partial charge in [-0.25, -0.2) is 4.39 Å². The molecule has 0 bridgehead atoms. The van der Waals surface area contributed by atoms with Crippen LogP contribution in [0, 0.1) is 22.7 Å². The van der Waals surface area contributed by atoms with Gasteiger partial charge < -0.3 is 10.2 Å². The summed E-state index contributed by atoms with van der Waals surface area (Å²) < 4.78 is 55.0. The fourth-order valence-corrected chi connectivity index (χ4v) is 6.66. The van der Waals surface area contributed by atoms with Crippen molar-refractivity contribution in [2.45, 2.75) is 110 Å². The molecule has 1 unspecified atom stereocenters. The van der Waals surface area contributed by atoms with Gasteiger partial charge in [-0.2, -0.15) is 13.2 Å². The molecule has 3 aliphatic rings. The number of hydrogen-bond acceptors (Lipinski definition) is 2. The monoisotopic (exact) mass is 472 g/mol. The second-order valence-electron chi connectivity index (χ2n) is 11.5. The molecule has 3 saturated carbocycles. The van der Waals surface area contributed by atoms with E-state index in [9.17, 15) is 27.8 Å². The number of alkyl halides is 4. The number of rotatable bonds is 5. The third-order valence-electron chi connectivity index (χ3n) is 9.13. The largest absolute Gasteiger partial charge is 0.417 e. The Labute approximate surface area is 195 Å². The highest BCUT2D eigenvalue weighted by Crippen LogP contribution is 2.60. The first-order valence-corrected chi connectivity index (χ1v) is 12.3. The maximum atomic E-state index is 14.6. The minimum absolute atomic E-state index is 0.0672. The third-order valence-corrected chi connectivity index (χ3v) is 9.13. The Bertz CT molecular complexity index is 811. The van der Waals surface area contributed by atoms with E-state index in [0.717, 1.165) is 37.7 Å². The average molecular weight is 473 g/mol. The Balaban J connectivity index is 1.83. The molecule has 0 radical (unpaired) electrons. The van der Waals surface area contributed by atoms with E-state index in [1.54, 1.807) is 0 Å². The van der Waals surface area contributed by atoms with Crippen molar-refractivity contribution < 1.29 is 27.8 Å². The lowest BCUT2D eigenvalue weighted by atomic mass is 9.61. The zero-order valence-corrected chi connectivity index (χ0v) is 20.4. The van der Waals surface area contributed by atoms with Gasteiger partial charge in [0.15, 0.2) is 5.60 Å². The van der Waals surface area contributed by atoms with Crippen molar-refractivity contribution in [2.24, 2.45) is 22.7 Å². The smallest absolute Gasteiger partial charge is 0.393 e. The number of aliphatic hydroxyl groups excluding tert-OH is 1. The van der Waals surface area contributed by atoms with Crippen LogP contribution in [-0.4, -0.2) is 34.3 Å². The van der Waals surface area contributed by atoms with Gasteiger partial charge >= 0.3 is 6.18 Å². The molecule has 6 atom stereocenters. The molecular weight excluding hydrogens is 432 g/mol. The van der Waals surface area contributed by atoms with E-state index < -0.39 is 42.3 Å². The topological polar surface area (TPSA) is 40.5 Å². The number of halogens is 4. The SMILES string of the molecule is C=C(CC(O)(CC)C(F)(F)F)[C@H]1CC[C@H]2/C(=C/C=C3/C[C@@H](O)C[C@H](F)C3(C)C)CCC[C@]12C. The van der Waals surface area contributed by atoms with Crippen LogP contribution in [0.4, 0.5) is 17.6 Å². The van der Waals surface area contributed by atoms with E-state index in [-0.39, 0.29) is 23.7 Å². The highest BCUT2D eigenvalue weighted by molar-refractivity contribution is 5.30. The molecule has 0 heterocycles. The molecule has 0 spiro atoms. The van der Waals surface area contributed by atoms with Crippen LogP contribution in [0.3, 0.4) is 0 Å². The minimum Gasteiger partial charge on any atom is -0.393 e. The van der Waals surface area contributed by atoms with Crippen LogP contribution < -0.4 is 0 Å². The first-order chi connectivity index (χ1) is 15.2. The molecule has 33 heavy (non-hydrogen) atoms.